The molecule has 1 heteroatoms. The van der Waals surface area contributed by atoms with Gasteiger partial charge in [-0.1, -0.05) is 51.0 Å². The lowest BCUT2D eigenvalue weighted by Gasteiger charge is -2.26. The van der Waals surface area contributed by atoms with Gasteiger partial charge in [-0.25, -0.2) is 0 Å². The number of hydrogen-bond donors (Lipinski definition) is 1. The van der Waals surface area contributed by atoms with E-state index in [4.69, 9.17) is 0 Å². The van der Waals surface area contributed by atoms with Gasteiger partial charge in [0.1, 0.15) is 0 Å². The van der Waals surface area contributed by atoms with Gasteiger partial charge in [0.2, 0.25) is 0 Å². The van der Waals surface area contributed by atoms with E-state index in [0.29, 0.717) is 6.04 Å². The first-order chi connectivity index (χ1) is 9.74. The van der Waals surface area contributed by atoms with E-state index < -0.39 is 0 Å². The number of nitrogens with one attached hydrogen (secondary N) is 1. The molecule has 0 aromatic heterocycles. The van der Waals surface area contributed by atoms with Gasteiger partial charge in [0.25, 0.3) is 0 Å². The van der Waals surface area contributed by atoms with Gasteiger partial charge < -0.3 is 5.32 Å². The van der Waals surface area contributed by atoms with E-state index in [1.54, 1.807) is 0 Å². The van der Waals surface area contributed by atoms with Crippen molar-refractivity contribution >= 4 is 0 Å². The van der Waals surface area contributed by atoms with Crippen molar-refractivity contribution in [2.45, 2.75) is 65.3 Å². The summed E-state index contributed by atoms with van der Waals surface area (Å²) in [6.07, 6.45) is 8.10. The molecule has 1 aromatic carbocycles. The third-order valence-electron chi connectivity index (χ3n) is 5.09. The number of rotatable bonds is 7. The fourth-order valence-corrected chi connectivity index (χ4v) is 3.66. The first kappa shape index (κ1) is 15.6. The molecular weight excluding hydrogens is 242 g/mol. The van der Waals surface area contributed by atoms with E-state index in [1.165, 1.54) is 49.7 Å². The van der Waals surface area contributed by atoms with Gasteiger partial charge in [-0.3, -0.25) is 0 Å². The topological polar surface area (TPSA) is 12.0 Å². The van der Waals surface area contributed by atoms with Crippen LogP contribution in [0, 0.1) is 18.8 Å². The maximum absolute atomic E-state index is 3.83. The Morgan fingerprint density at radius 1 is 1.20 bits per heavy atom. The van der Waals surface area contributed by atoms with Crippen molar-refractivity contribution in [2.24, 2.45) is 11.8 Å². The first-order valence-electron chi connectivity index (χ1n) is 8.52. The van der Waals surface area contributed by atoms with Crippen molar-refractivity contribution < 1.29 is 0 Å². The number of benzene rings is 1. The highest BCUT2D eigenvalue weighted by Crippen LogP contribution is 2.36. The molecule has 20 heavy (non-hydrogen) atoms. The van der Waals surface area contributed by atoms with Gasteiger partial charge in [-0.2, -0.15) is 0 Å². The summed E-state index contributed by atoms with van der Waals surface area (Å²) in [4.78, 5) is 0. The third kappa shape index (κ3) is 4.09. The fraction of sp³-hybridized carbons (Fsp3) is 0.684. The molecule has 1 N–H and O–H groups in total. The Bertz CT molecular complexity index is 399. The van der Waals surface area contributed by atoms with Crippen LogP contribution in [0.3, 0.4) is 0 Å². The van der Waals surface area contributed by atoms with E-state index in [0.717, 1.165) is 18.4 Å². The van der Waals surface area contributed by atoms with Gasteiger partial charge in [0, 0.05) is 6.04 Å². The SMILES string of the molecule is CCCNC(Cc1ccccc1C)C1CCC(CC)C1. The van der Waals surface area contributed by atoms with Gasteiger partial charge in [-0.15, -0.1) is 0 Å². The Hall–Kier alpha value is -0.820. The summed E-state index contributed by atoms with van der Waals surface area (Å²) in [6.45, 7) is 8.02. The van der Waals surface area contributed by atoms with E-state index in [9.17, 15) is 0 Å². The van der Waals surface area contributed by atoms with Gasteiger partial charge in [0.05, 0.1) is 0 Å². The smallest absolute Gasteiger partial charge is 0.0136 e. The molecule has 0 radical (unpaired) electrons. The summed E-state index contributed by atoms with van der Waals surface area (Å²) in [6, 6.07) is 9.56. The van der Waals surface area contributed by atoms with Crippen LogP contribution in [0.15, 0.2) is 24.3 Å². The van der Waals surface area contributed by atoms with Crippen molar-refractivity contribution in [1.82, 2.24) is 5.32 Å². The van der Waals surface area contributed by atoms with Gasteiger partial charge in [0.15, 0.2) is 0 Å². The molecule has 1 aliphatic carbocycles. The second-order valence-corrected chi connectivity index (χ2v) is 6.54. The summed E-state index contributed by atoms with van der Waals surface area (Å²) in [5.74, 6) is 1.86. The summed E-state index contributed by atoms with van der Waals surface area (Å²) in [5, 5.41) is 3.83. The highest BCUT2D eigenvalue weighted by Gasteiger charge is 2.29. The molecule has 2 rings (SSSR count). The average molecular weight is 273 g/mol. The second-order valence-electron chi connectivity index (χ2n) is 6.54. The van der Waals surface area contributed by atoms with Crippen LogP contribution < -0.4 is 5.32 Å². The van der Waals surface area contributed by atoms with Crippen molar-refractivity contribution in [3.05, 3.63) is 35.4 Å². The lowest BCUT2D eigenvalue weighted by atomic mass is 9.89. The lowest BCUT2D eigenvalue weighted by molar-refractivity contribution is 0.343. The number of aryl methyl sites for hydroxylation is 1. The molecule has 0 aliphatic heterocycles. The minimum atomic E-state index is 0.674. The zero-order valence-electron chi connectivity index (χ0n) is 13.5. The van der Waals surface area contributed by atoms with Crippen molar-refractivity contribution in [3.63, 3.8) is 0 Å². The molecule has 0 heterocycles. The van der Waals surface area contributed by atoms with Crippen molar-refractivity contribution in [1.29, 1.82) is 0 Å². The molecule has 3 unspecified atom stereocenters. The Morgan fingerprint density at radius 3 is 2.65 bits per heavy atom. The van der Waals surface area contributed by atoms with Crippen LogP contribution in [0.25, 0.3) is 0 Å². The molecule has 1 saturated carbocycles. The molecule has 0 spiro atoms. The van der Waals surface area contributed by atoms with Crippen molar-refractivity contribution in [2.75, 3.05) is 6.54 Å². The monoisotopic (exact) mass is 273 g/mol. The highest BCUT2D eigenvalue weighted by molar-refractivity contribution is 5.26. The van der Waals surface area contributed by atoms with E-state index in [2.05, 4.69) is 50.4 Å². The Kier molecular flexibility index (Phi) is 6.09. The van der Waals surface area contributed by atoms with Crippen LogP contribution in [-0.4, -0.2) is 12.6 Å². The minimum absolute atomic E-state index is 0.674. The molecule has 1 nitrogen and oxygen atoms in total. The molecular formula is C19H31N. The maximum Gasteiger partial charge on any atom is 0.0136 e. The Balaban J connectivity index is 2.02. The maximum atomic E-state index is 3.83. The van der Waals surface area contributed by atoms with Crippen LogP contribution in [0.1, 0.15) is 57.1 Å². The Labute approximate surface area is 125 Å². The standard InChI is InChI=1S/C19H31N/c1-4-12-20-19(18-11-10-16(5-2)13-18)14-17-9-7-6-8-15(17)3/h6-9,16,18-20H,4-5,10-14H2,1-3H3. The fourth-order valence-electron chi connectivity index (χ4n) is 3.66. The summed E-state index contributed by atoms with van der Waals surface area (Å²) in [7, 11) is 0. The van der Waals surface area contributed by atoms with Crippen LogP contribution in [-0.2, 0) is 6.42 Å². The normalized spacial score (nSPS) is 23.9. The van der Waals surface area contributed by atoms with Crippen LogP contribution in [0.2, 0.25) is 0 Å². The quantitative estimate of drug-likeness (QED) is 0.757. The van der Waals surface area contributed by atoms with E-state index >= 15 is 0 Å². The molecule has 1 aliphatic rings. The van der Waals surface area contributed by atoms with Gasteiger partial charge in [-0.05, 0) is 62.1 Å². The summed E-state index contributed by atoms with van der Waals surface area (Å²) in [5.41, 5.74) is 2.97. The van der Waals surface area contributed by atoms with Gasteiger partial charge >= 0.3 is 0 Å². The zero-order chi connectivity index (χ0) is 14.4. The predicted octanol–water partition coefficient (Wildman–Crippen LogP) is 4.73. The van der Waals surface area contributed by atoms with Crippen LogP contribution >= 0.6 is 0 Å². The molecule has 3 atom stereocenters. The molecule has 1 fully saturated rings. The van der Waals surface area contributed by atoms with E-state index in [1.807, 2.05) is 0 Å². The molecule has 112 valence electrons. The number of hydrogen-bond acceptors (Lipinski definition) is 1. The molecule has 1 aromatic rings. The lowest BCUT2D eigenvalue weighted by Crippen LogP contribution is -2.38. The summed E-state index contributed by atoms with van der Waals surface area (Å²) >= 11 is 0. The average Bonchev–Trinajstić information content (AvgIpc) is 2.94. The molecule has 0 bridgehead atoms. The van der Waals surface area contributed by atoms with E-state index in [-0.39, 0.29) is 0 Å². The van der Waals surface area contributed by atoms with Crippen LogP contribution in [0.5, 0.6) is 0 Å². The summed E-state index contributed by atoms with van der Waals surface area (Å²) < 4.78 is 0. The highest BCUT2D eigenvalue weighted by atomic mass is 14.9. The molecule has 0 amide bonds. The predicted molar refractivity (Wildman–Crippen MR) is 88.1 cm³/mol. The molecule has 0 saturated heterocycles. The third-order valence-corrected chi connectivity index (χ3v) is 5.09. The van der Waals surface area contributed by atoms with Crippen molar-refractivity contribution in [3.8, 4) is 0 Å². The largest absolute Gasteiger partial charge is 0.313 e. The zero-order valence-corrected chi connectivity index (χ0v) is 13.5. The first-order valence-corrected chi connectivity index (χ1v) is 8.52. The second kappa shape index (κ2) is 7.83. The Morgan fingerprint density at radius 2 is 2.00 bits per heavy atom. The minimum Gasteiger partial charge on any atom is -0.313 e. The van der Waals surface area contributed by atoms with Crippen LogP contribution in [0.4, 0.5) is 0 Å².